The van der Waals surface area contributed by atoms with Crippen molar-refractivity contribution in [1.82, 2.24) is 15.5 Å². The number of nitrogens with zero attached hydrogens (tertiary/aromatic N) is 2. The molecule has 8 heteroatoms. The molecule has 100 valence electrons. The average molecular weight is 304 g/mol. The summed E-state index contributed by atoms with van der Waals surface area (Å²) in [6.07, 6.45) is 0. The average Bonchev–Trinajstić information content (AvgIpc) is 2.79. The van der Waals surface area contributed by atoms with Crippen LogP contribution in [0.15, 0.2) is 18.2 Å². The number of amides is 1. The van der Waals surface area contributed by atoms with Gasteiger partial charge < -0.3 is 5.32 Å². The van der Waals surface area contributed by atoms with Crippen molar-refractivity contribution in [2.24, 2.45) is 0 Å². The minimum absolute atomic E-state index is 0.111. The van der Waals surface area contributed by atoms with Crippen molar-refractivity contribution >= 4 is 28.8 Å². The third-order valence-electron chi connectivity index (χ3n) is 2.39. The van der Waals surface area contributed by atoms with Crippen molar-refractivity contribution < 1.29 is 13.6 Å². The molecule has 1 amide bonds. The van der Waals surface area contributed by atoms with Gasteiger partial charge in [-0.05, 0) is 36.2 Å². The lowest BCUT2D eigenvalue weighted by Crippen LogP contribution is -2.26. The lowest BCUT2D eigenvalue weighted by molar-refractivity contribution is 0.0938. The molecule has 2 aromatic rings. The minimum Gasteiger partial charge on any atom is -0.343 e. The highest BCUT2D eigenvalue weighted by Gasteiger charge is 2.16. The number of carbonyl (C=O) groups excluding carboxylic acids is 1. The maximum atomic E-state index is 13.1. The normalized spacial score (nSPS) is 12.2. The first-order valence-electron chi connectivity index (χ1n) is 5.22. The molecule has 0 aliphatic heterocycles. The lowest BCUT2D eigenvalue weighted by Gasteiger charge is -2.13. The van der Waals surface area contributed by atoms with Gasteiger partial charge in [-0.15, -0.1) is 10.2 Å². The summed E-state index contributed by atoms with van der Waals surface area (Å²) in [4.78, 5) is 11.8. The Kier molecular flexibility index (Phi) is 4.06. The van der Waals surface area contributed by atoms with E-state index in [0.29, 0.717) is 5.56 Å². The van der Waals surface area contributed by atoms with Gasteiger partial charge in [0.1, 0.15) is 0 Å². The fourth-order valence-corrected chi connectivity index (χ4v) is 2.15. The van der Waals surface area contributed by atoms with Gasteiger partial charge in [0, 0.05) is 0 Å². The summed E-state index contributed by atoms with van der Waals surface area (Å²) >= 11 is 6.51. The number of hydrogen-bond acceptors (Lipinski definition) is 4. The Morgan fingerprint density at radius 1 is 1.37 bits per heavy atom. The summed E-state index contributed by atoms with van der Waals surface area (Å²) in [7, 11) is 0. The zero-order valence-corrected chi connectivity index (χ0v) is 11.2. The topological polar surface area (TPSA) is 54.9 Å². The summed E-state index contributed by atoms with van der Waals surface area (Å²) in [5.41, 5.74) is 0.447. The number of aromatic nitrogens is 2. The van der Waals surface area contributed by atoms with E-state index in [1.807, 2.05) is 0 Å². The number of nitrogens with one attached hydrogen (secondary N) is 1. The van der Waals surface area contributed by atoms with Gasteiger partial charge in [0.15, 0.2) is 11.6 Å². The summed E-state index contributed by atoms with van der Waals surface area (Å²) in [6, 6.07) is 2.95. The molecule has 0 spiro atoms. The second-order valence-corrected chi connectivity index (χ2v) is 5.29. The van der Waals surface area contributed by atoms with E-state index in [9.17, 15) is 13.6 Å². The van der Waals surface area contributed by atoms with E-state index in [2.05, 4.69) is 15.5 Å². The zero-order valence-electron chi connectivity index (χ0n) is 9.65. The van der Waals surface area contributed by atoms with Gasteiger partial charge in [0.25, 0.3) is 5.91 Å². The first kappa shape index (κ1) is 13.8. The van der Waals surface area contributed by atoms with E-state index in [1.54, 1.807) is 6.92 Å². The SMILES string of the molecule is CC(NC(=O)c1nnc(Cl)s1)c1ccc(F)c(F)c1. The smallest absolute Gasteiger partial charge is 0.282 e. The van der Waals surface area contributed by atoms with Crippen molar-refractivity contribution in [3.8, 4) is 0 Å². The molecule has 0 fully saturated rings. The highest BCUT2D eigenvalue weighted by atomic mass is 35.5. The number of rotatable bonds is 3. The first-order valence-corrected chi connectivity index (χ1v) is 6.41. The summed E-state index contributed by atoms with van der Waals surface area (Å²) in [5.74, 6) is -2.36. The quantitative estimate of drug-likeness (QED) is 0.948. The Hall–Kier alpha value is -1.60. The van der Waals surface area contributed by atoms with E-state index in [4.69, 9.17) is 11.6 Å². The highest BCUT2D eigenvalue weighted by Crippen LogP contribution is 2.18. The number of halogens is 3. The van der Waals surface area contributed by atoms with Crippen LogP contribution in [0.3, 0.4) is 0 Å². The van der Waals surface area contributed by atoms with Gasteiger partial charge in [-0.25, -0.2) is 8.78 Å². The number of carbonyl (C=O) groups is 1. The van der Waals surface area contributed by atoms with Gasteiger partial charge >= 0.3 is 0 Å². The predicted octanol–water partition coefficient (Wildman–Crippen LogP) is 2.96. The van der Waals surface area contributed by atoms with E-state index in [-0.39, 0.29) is 9.47 Å². The summed E-state index contributed by atoms with van der Waals surface area (Å²) in [5, 5.41) is 9.80. The molecule has 1 atom stereocenters. The monoisotopic (exact) mass is 303 g/mol. The van der Waals surface area contributed by atoms with Gasteiger partial charge in [0.05, 0.1) is 6.04 Å². The summed E-state index contributed by atoms with van der Waals surface area (Å²) < 4.78 is 26.0. The van der Waals surface area contributed by atoms with Crippen LogP contribution in [-0.2, 0) is 0 Å². The molecule has 0 aliphatic carbocycles. The molecular weight excluding hydrogens is 296 g/mol. The molecule has 1 aromatic carbocycles. The Morgan fingerprint density at radius 2 is 2.11 bits per heavy atom. The first-order chi connectivity index (χ1) is 8.97. The van der Waals surface area contributed by atoms with Crippen LogP contribution in [0.2, 0.25) is 4.47 Å². The molecule has 1 aromatic heterocycles. The van der Waals surface area contributed by atoms with Crippen LogP contribution in [0.25, 0.3) is 0 Å². The van der Waals surface area contributed by atoms with E-state index >= 15 is 0 Å². The van der Waals surface area contributed by atoms with Gasteiger partial charge in [-0.3, -0.25) is 4.79 Å². The maximum absolute atomic E-state index is 13.1. The van der Waals surface area contributed by atoms with Gasteiger partial charge in [0.2, 0.25) is 9.47 Å². The predicted molar refractivity (Wildman–Crippen MR) is 67.2 cm³/mol. The molecule has 19 heavy (non-hydrogen) atoms. The van der Waals surface area contributed by atoms with E-state index in [1.165, 1.54) is 6.07 Å². The highest BCUT2D eigenvalue weighted by molar-refractivity contribution is 7.17. The zero-order chi connectivity index (χ0) is 14.0. The van der Waals surface area contributed by atoms with Crippen LogP contribution in [0, 0.1) is 11.6 Å². The van der Waals surface area contributed by atoms with Crippen molar-refractivity contribution in [2.45, 2.75) is 13.0 Å². The van der Waals surface area contributed by atoms with E-state index in [0.717, 1.165) is 23.5 Å². The molecule has 0 radical (unpaired) electrons. The van der Waals surface area contributed by atoms with E-state index < -0.39 is 23.6 Å². The Labute approximate surface area is 116 Å². The van der Waals surface area contributed by atoms with Gasteiger partial charge in [-0.1, -0.05) is 17.4 Å². The molecule has 0 aliphatic rings. The maximum Gasteiger partial charge on any atom is 0.282 e. The van der Waals surface area contributed by atoms with Crippen molar-refractivity contribution in [3.63, 3.8) is 0 Å². The molecule has 4 nitrogen and oxygen atoms in total. The molecular formula is C11H8ClF2N3OS. The largest absolute Gasteiger partial charge is 0.343 e. The number of benzene rings is 1. The van der Waals surface area contributed by atoms with Crippen LogP contribution in [0.1, 0.15) is 28.3 Å². The van der Waals surface area contributed by atoms with Crippen molar-refractivity contribution in [2.75, 3.05) is 0 Å². The standard InChI is InChI=1S/C11H8ClF2N3OS/c1-5(6-2-3-7(13)8(14)4-6)15-9(18)10-16-17-11(12)19-10/h2-5H,1H3,(H,15,18). The Balaban J connectivity index is 2.10. The fourth-order valence-electron chi connectivity index (χ4n) is 1.42. The molecule has 2 rings (SSSR count). The molecule has 1 N–H and O–H groups in total. The third-order valence-corrected chi connectivity index (χ3v) is 3.40. The Bertz CT molecular complexity index is 620. The van der Waals surface area contributed by atoms with Crippen molar-refractivity contribution in [1.29, 1.82) is 0 Å². The van der Waals surface area contributed by atoms with Crippen LogP contribution in [0.4, 0.5) is 8.78 Å². The van der Waals surface area contributed by atoms with Crippen LogP contribution in [0.5, 0.6) is 0 Å². The third kappa shape index (κ3) is 3.24. The van der Waals surface area contributed by atoms with Crippen LogP contribution < -0.4 is 5.32 Å². The molecule has 0 bridgehead atoms. The number of hydrogen-bond donors (Lipinski definition) is 1. The van der Waals surface area contributed by atoms with Crippen LogP contribution in [-0.4, -0.2) is 16.1 Å². The lowest BCUT2D eigenvalue weighted by atomic mass is 10.1. The van der Waals surface area contributed by atoms with Crippen LogP contribution >= 0.6 is 22.9 Å². The second-order valence-electron chi connectivity index (χ2n) is 3.73. The Morgan fingerprint density at radius 3 is 2.68 bits per heavy atom. The fraction of sp³-hybridized carbons (Fsp3) is 0.182. The minimum atomic E-state index is -0.961. The second kappa shape index (κ2) is 5.58. The molecule has 1 heterocycles. The molecule has 0 saturated heterocycles. The molecule has 0 saturated carbocycles. The van der Waals surface area contributed by atoms with Gasteiger partial charge in [-0.2, -0.15) is 0 Å². The van der Waals surface area contributed by atoms with Crippen molar-refractivity contribution in [3.05, 3.63) is 44.9 Å². The molecule has 1 unspecified atom stereocenters. The summed E-state index contributed by atoms with van der Waals surface area (Å²) in [6.45, 7) is 1.65.